The van der Waals surface area contributed by atoms with Crippen molar-refractivity contribution in [3.63, 3.8) is 0 Å². The van der Waals surface area contributed by atoms with Crippen molar-refractivity contribution in [2.75, 3.05) is 5.32 Å². The first-order chi connectivity index (χ1) is 19.4. The van der Waals surface area contributed by atoms with Gasteiger partial charge in [-0.15, -0.1) is 0 Å². The van der Waals surface area contributed by atoms with E-state index >= 15 is 0 Å². The SMILES string of the molecule is N#CC(/C(CCCC(=O)Nc1cccc([NH+]([O-])O)c1)=N/NC(=O)c1cc2ccccc2cc1O)c1ccccc1. The molecule has 4 rings (SSSR count). The number of benzene rings is 4. The molecule has 0 bridgehead atoms. The van der Waals surface area contributed by atoms with Crippen LogP contribution >= 0.6 is 0 Å². The molecule has 10 heteroatoms. The summed E-state index contributed by atoms with van der Waals surface area (Å²) in [6.45, 7) is 0. The highest BCUT2D eigenvalue weighted by molar-refractivity contribution is 6.02. The summed E-state index contributed by atoms with van der Waals surface area (Å²) in [5, 5.41) is 48.1. The summed E-state index contributed by atoms with van der Waals surface area (Å²) in [6.07, 6.45) is 0.605. The Bertz CT molecular complexity index is 1580. The van der Waals surface area contributed by atoms with Gasteiger partial charge in [0, 0.05) is 24.2 Å². The molecule has 10 nitrogen and oxygen atoms in total. The fourth-order valence-electron chi connectivity index (χ4n) is 4.23. The summed E-state index contributed by atoms with van der Waals surface area (Å²) in [5.41, 5.74) is 3.95. The first-order valence-electron chi connectivity index (χ1n) is 12.5. The van der Waals surface area contributed by atoms with Crippen LogP contribution in [0.5, 0.6) is 5.75 Å². The molecule has 202 valence electrons. The summed E-state index contributed by atoms with van der Waals surface area (Å²) in [6, 6.07) is 27.5. The third-order valence-corrected chi connectivity index (χ3v) is 6.23. The summed E-state index contributed by atoms with van der Waals surface area (Å²) < 4.78 is 0. The highest BCUT2D eigenvalue weighted by Crippen LogP contribution is 2.25. The number of nitrogens with zero attached hydrogens (tertiary/aromatic N) is 2. The van der Waals surface area contributed by atoms with E-state index in [1.807, 2.05) is 30.3 Å². The number of phenols is 1. The smallest absolute Gasteiger partial charge is 0.275 e. The van der Waals surface area contributed by atoms with E-state index in [1.165, 1.54) is 24.3 Å². The molecule has 2 amide bonds. The van der Waals surface area contributed by atoms with E-state index < -0.39 is 17.1 Å². The zero-order valence-corrected chi connectivity index (χ0v) is 21.4. The predicted molar refractivity (Wildman–Crippen MR) is 150 cm³/mol. The minimum absolute atomic E-state index is 0.0398. The molecule has 0 spiro atoms. The van der Waals surface area contributed by atoms with Gasteiger partial charge in [-0.25, -0.2) is 10.6 Å². The van der Waals surface area contributed by atoms with Gasteiger partial charge in [-0.1, -0.05) is 60.7 Å². The van der Waals surface area contributed by atoms with E-state index in [1.54, 1.807) is 36.4 Å². The molecule has 4 aromatic rings. The number of carbonyl (C=O) groups excluding carboxylic acids is 2. The molecular formula is C30H27N5O5. The van der Waals surface area contributed by atoms with E-state index in [0.717, 1.165) is 10.8 Å². The van der Waals surface area contributed by atoms with Crippen molar-refractivity contribution in [1.82, 2.24) is 5.43 Å². The third-order valence-electron chi connectivity index (χ3n) is 6.23. The minimum Gasteiger partial charge on any atom is -0.595 e. The predicted octanol–water partition coefficient (Wildman–Crippen LogP) is 4.15. The van der Waals surface area contributed by atoms with Crippen LogP contribution in [0.25, 0.3) is 10.8 Å². The van der Waals surface area contributed by atoms with Gasteiger partial charge in [0.1, 0.15) is 11.7 Å². The molecule has 0 aliphatic carbocycles. The maximum atomic E-state index is 13.0. The second kappa shape index (κ2) is 13.1. The van der Waals surface area contributed by atoms with E-state index in [0.29, 0.717) is 23.4 Å². The Morgan fingerprint density at radius 2 is 1.65 bits per heavy atom. The van der Waals surface area contributed by atoms with Gasteiger partial charge in [-0.3, -0.25) is 9.59 Å². The maximum Gasteiger partial charge on any atom is 0.275 e. The van der Waals surface area contributed by atoms with E-state index in [-0.39, 0.29) is 35.7 Å². The number of phenolic OH excluding ortho intramolecular Hbond substituents is 1. The highest BCUT2D eigenvalue weighted by atomic mass is 16.8. The summed E-state index contributed by atoms with van der Waals surface area (Å²) in [7, 11) is 0. The molecule has 0 aliphatic heterocycles. The summed E-state index contributed by atoms with van der Waals surface area (Å²) >= 11 is 0. The monoisotopic (exact) mass is 537 g/mol. The number of fused-ring (bicyclic) bond motifs is 1. The van der Waals surface area contributed by atoms with E-state index in [2.05, 4.69) is 21.9 Å². The van der Waals surface area contributed by atoms with Crippen molar-refractivity contribution < 1.29 is 25.1 Å². The molecule has 0 saturated heterocycles. The Morgan fingerprint density at radius 3 is 2.35 bits per heavy atom. The Labute approximate surface area is 230 Å². The van der Waals surface area contributed by atoms with Gasteiger partial charge in [0.05, 0.1) is 17.3 Å². The molecule has 2 unspecified atom stereocenters. The summed E-state index contributed by atoms with van der Waals surface area (Å²) in [5.74, 6) is -1.94. The lowest BCUT2D eigenvalue weighted by Gasteiger charge is -2.14. The van der Waals surface area contributed by atoms with Crippen LogP contribution < -0.4 is 16.0 Å². The molecule has 0 heterocycles. The maximum absolute atomic E-state index is 13.0. The van der Waals surface area contributed by atoms with Gasteiger partial charge in [0.15, 0.2) is 5.69 Å². The van der Waals surface area contributed by atoms with Crippen molar-refractivity contribution in [3.05, 3.63) is 107 Å². The number of hydrazone groups is 1. The molecular weight excluding hydrogens is 510 g/mol. The largest absolute Gasteiger partial charge is 0.595 e. The highest BCUT2D eigenvalue weighted by Gasteiger charge is 2.20. The Hall–Kier alpha value is -5.08. The van der Waals surface area contributed by atoms with Crippen LogP contribution in [0.3, 0.4) is 0 Å². The normalized spacial score (nSPS) is 12.8. The van der Waals surface area contributed by atoms with Crippen molar-refractivity contribution in [1.29, 1.82) is 5.26 Å². The van der Waals surface area contributed by atoms with E-state index in [4.69, 9.17) is 5.21 Å². The molecule has 0 fully saturated rings. The molecule has 0 radical (unpaired) electrons. The van der Waals surface area contributed by atoms with Crippen molar-refractivity contribution in [2.45, 2.75) is 25.2 Å². The van der Waals surface area contributed by atoms with Gasteiger partial charge >= 0.3 is 0 Å². The number of carbonyl (C=O) groups is 2. The lowest BCUT2D eigenvalue weighted by Crippen LogP contribution is -2.99. The van der Waals surface area contributed by atoms with E-state index in [9.17, 15) is 25.2 Å². The number of nitrogens with one attached hydrogen (secondary N) is 3. The van der Waals surface area contributed by atoms with Crippen LogP contribution in [0.2, 0.25) is 0 Å². The lowest BCUT2D eigenvalue weighted by molar-refractivity contribution is -0.991. The van der Waals surface area contributed by atoms with Crippen molar-refractivity contribution in [3.8, 4) is 11.8 Å². The number of hydrogen-bond donors (Lipinski definition) is 5. The Kier molecular flexibility index (Phi) is 9.17. The minimum atomic E-state index is -1.10. The molecule has 0 aliphatic rings. The van der Waals surface area contributed by atoms with Gasteiger partial charge < -0.3 is 15.6 Å². The van der Waals surface area contributed by atoms with Gasteiger partial charge in [-0.05, 0) is 47.4 Å². The number of quaternary nitrogens is 1. The fourth-order valence-corrected chi connectivity index (χ4v) is 4.23. The van der Waals surface area contributed by atoms with Gasteiger partial charge in [0.2, 0.25) is 5.91 Å². The standard InChI is InChI=1S/C30H27N5O5/c31-19-26(20-8-2-1-3-9-20)27(14-7-15-29(37)32-23-12-6-13-24(18-23)35(39)40)33-34-30(38)25-16-21-10-4-5-11-22(21)17-28(25)36/h1-6,8-13,16-18,26,35-36,39H,7,14-15H2,(H,32,37)(H,34,38)/b33-27+. The van der Waals surface area contributed by atoms with Crippen LogP contribution in [0.1, 0.15) is 41.1 Å². The molecule has 2 atom stereocenters. The molecule has 5 N–H and O–H groups in total. The van der Waals surface area contributed by atoms with Crippen LogP contribution in [0.15, 0.2) is 96.1 Å². The number of rotatable bonds is 10. The molecule has 4 aromatic carbocycles. The van der Waals surface area contributed by atoms with Crippen molar-refractivity contribution in [2.24, 2.45) is 5.10 Å². The average Bonchev–Trinajstić information content (AvgIpc) is 2.96. The van der Waals surface area contributed by atoms with Gasteiger partial charge in [-0.2, -0.15) is 15.6 Å². The second-order valence-corrected chi connectivity index (χ2v) is 9.02. The molecule has 0 aromatic heterocycles. The number of nitriles is 1. The van der Waals surface area contributed by atoms with Crippen LogP contribution in [0, 0.1) is 16.5 Å². The fraction of sp³-hybridized carbons (Fsp3) is 0.133. The Morgan fingerprint density at radius 1 is 0.950 bits per heavy atom. The first kappa shape index (κ1) is 27.9. The van der Waals surface area contributed by atoms with Crippen LogP contribution in [0.4, 0.5) is 11.4 Å². The first-order valence-corrected chi connectivity index (χ1v) is 12.5. The number of amides is 2. The number of hydrogen-bond acceptors (Lipinski definition) is 7. The molecule has 40 heavy (non-hydrogen) atoms. The molecule has 0 saturated carbocycles. The van der Waals surface area contributed by atoms with Crippen LogP contribution in [-0.4, -0.2) is 27.8 Å². The number of anilines is 1. The Balaban J connectivity index is 1.49. The third kappa shape index (κ3) is 7.06. The lowest BCUT2D eigenvalue weighted by atomic mass is 9.92. The summed E-state index contributed by atoms with van der Waals surface area (Å²) in [4.78, 5) is 25.5. The second-order valence-electron chi connectivity index (χ2n) is 9.02. The zero-order valence-electron chi connectivity index (χ0n) is 21.4. The quantitative estimate of drug-likeness (QED) is 0.151. The van der Waals surface area contributed by atoms with Crippen molar-refractivity contribution >= 4 is 39.7 Å². The van der Waals surface area contributed by atoms with Gasteiger partial charge in [0.25, 0.3) is 5.91 Å². The number of aromatic hydroxyl groups is 1. The average molecular weight is 538 g/mol. The van der Waals surface area contributed by atoms with Crippen LogP contribution in [-0.2, 0) is 4.79 Å². The zero-order chi connectivity index (χ0) is 28.5. The topological polar surface area (TPSA) is 162 Å².